The monoisotopic (exact) mass is 289 g/mol. The summed E-state index contributed by atoms with van der Waals surface area (Å²) in [6.07, 6.45) is 0.407. The molecule has 1 aromatic rings. The molecule has 16 heavy (non-hydrogen) atoms. The quantitative estimate of drug-likeness (QED) is 0.874. The SMILES string of the molecule is CC(O)CC(C)NCc1ccc(F)c(Br)c1. The Kier molecular flexibility index (Phi) is 5.38. The number of benzene rings is 1. The molecule has 0 bridgehead atoms. The largest absolute Gasteiger partial charge is 0.393 e. The number of aliphatic hydroxyl groups excluding tert-OH is 1. The Labute approximate surface area is 104 Å². The topological polar surface area (TPSA) is 32.3 Å². The van der Waals surface area contributed by atoms with Gasteiger partial charge in [0.15, 0.2) is 0 Å². The fourth-order valence-corrected chi connectivity index (χ4v) is 1.96. The first-order valence-electron chi connectivity index (χ1n) is 5.34. The number of hydrogen-bond donors (Lipinski definition) is 2. The molecular weight excluding hydrogens is 273 g/mol. The first-order chi connectivity index (χ1) is 7.49. The summed E-state index contributed by atoms with van der Waals surface area (Å²) in [4.78, 5) is 0. The maximum absolute atomic E-state index is 13.0. The first kappa shape index (κ1) is 13.6. The highest BCUT2D eigenvalue weighted by atomic mass is 79.9. The molecule has 0 amide bonds. The van der Waals surface area contributed by atoms with Crippen LogP contribution in [0, 0.1) is 5.82 Å². The van der Waals surface area contributed by atoms with Crippen LogP contribution in [0.3, 0.4) is 0 Å². The molecule has 90 valence electrons. The maximum atomic E-state index is 13.0. The van der Waals surface area contributed by atoms with Crippen molar-refractivity contribution >= 4 is 15.9 Å². The Bertz CT molecular complexity index is 344. The van der Waals surface area contributed by atoms with Crippen molar-refractivity contribution in [2.24, 2.45) is 0 Å². The van der Waals surface area contributed by atoms with Gasteiger partial charge in [-0.15, -0.1) is 0 Å². The Morgan fingerprint density at radius 3 is 2.69 bits per heavy atom. The Morgan fingerprint density at radius 2 is 2.12 bits per heavy atom. The number of nitrogens with one attached hydrogen (secondary N) is 1. The Balaban J connectivity index is 2.45. The van der Waals surface area contributed by atoms with Gasteiger partial charge in [0.2, 0.25) is 0 Å². The normalized spacial score (nSPS) is 14.8. The van der Waals surface area contributed by atoms with Gasteiger partial charge in [-0.05, 0) is 53.9 Å². The van der Waals surface area contributed by atoms with Gasteiger partial charge in [-0.2, -0.15) is 0 Å². The lowest BCUT2D eigenvalue weighted by molar-refractivity contribution is 0.170. The fraction of sp³-hybridized carbons (Fsp3) is 0.500. The highest BCUT2D eigenvalue weighted by Crippen LogP contribution is 2.16. The maximum Gasteiger partial charge on any atom is 0.137 e. The lowest BCUT2D eigenvalue weighted by atomic mass is 10.1. The van der Waals surface area contributed by atoms with Crippen molar-refractivity contribution in [3.8, 4) is 0 Å². The molecule has 1 rings (SSSR count). The van der Waals surface area contributed by atoms with Crippen LogP contribution in [0.4, 0.5) is 4.39 Å². The highest BCUT2D eigenvalue weighted by Gasteiger charge is 2.06. The van der Waals surface area contributed by atoms with Crippen molar-refractivity contribution < 1.29 is 9.50 Å². The van der Waals surface area contributed by atoms with Gasteiger partial charge < -0.3 is 10.4 Å². The molecule has 0 saturated heterocycles. The average Bonchev–Trinajstić information content (AvgIpc) is 2.19. The third kappa shape index (κ3) is 4.60. The van der Waals surface area contributed by atoms with Crippen LogP contribution in [0.2, 0.25) is 0 Å². The molecule has 2 unspecified atom stereocenters. The Morgan fingerprint density at radius 1 is 1.44 bits per heavy atom. The molecule has 1 aromatic carbocycles. The molecule has 0 fully saturated rings. The van der Waals surface area contributed by atoms with E-state index in [0.29, 0.717) is 17.4 Å². The van der Waals surface area contributed by atoms with E-state index in [1.165, 1.54) is 6.07 Å². The van der Waals surface area contributed by atoms with Crippen molar-refractivity contribution in [1.29, 1.82) is 0 Å². The van der Waals surface area contributed by atoms with Crippen LogP contribution in [0.5, 0.6) is 0 Å². The van der Waals surface area contributed by atoms with Crippen LogP contribution in [0.25, 0.3) is 0 Å². The third-order valence-electron chi connectivity index (χ3n) is 2.33. The molecule has 0 spiro atoms. The summed E-state index contributed by atoms with van der Waals surface area (Å²) >= 11 is 3.15. The summed E-state index contributed by atoms with van der Waals surface area (Å²) in [5, 5.41) is 12.5. The first-order valence-corrected chi connectivity index (χ1v) is 6.13. The zero-order valence-corrected chi connectivity index (χ0v) is 11.1. The van der Waals surface area contributed by atoms with Gasteiger partial charge in [0, 0.05) is 12.6 Å². The van der Waals surface area contributed by atoms with E-state index in [1.54, 1.807) is 19.1 Å². The van der Waals surface area contributed by atoms with Gasteiger partial charge in [0.1, 0.15) is 5.82 Å². The molecule has 0 aliphatic carbocycles. The average molecular weight is 290 g/mol. The van der Waals surface area contributed by atoms with Gasteiger partial charge in [-0.1, -0.05) is 6.07 Å². The fourth-order valence-electron chi connectivity index (χ4n) is 1.54. The van der Waals surface area contributed by atoms with Crippen LogP contribution in [0.15, 0.2) is 22.7 Å². The predicted octanol–water partition coefficient (Wildman–Crippen LogP) is 2.84. The summed E-state index contributed by atoms with van der Waals surface area (Å²) < 4.78 is 13.5. The van der Waals surface area contributed by atoms with Crippen LogP contribution < -0.4 is 5.32 Å². The molecule has 0 heterocycles. The summed E-state index contributed by atoms with van der Waals surface area (Å²) in [7, 11) is 0. The zero-order valence-electron chi connectivity index (χ0n) is 9.50. The van der Waals surface area contributed by atoms with Gasteiger partial charge in [-0.3, -0.25) is 0 Å². The van der Waals surface area contributed by atoms with E-state index in [-0.39, 0.29) is 18.0 Å². The number of hydrogen-bond acceptors (Lipinski definition) is 2. The zero-order chi connectivity index (χ0) is 12.1. The molecule has 2 atom stereocenters. The lowest BCUT2D eigenvalue weighted by Gasteiger charge is -2.15. The third-order valence-corrected chi connectivity index (χ3v) is 2.94. The smallest absolute Gasteiger partial charge is 0.137 e. The summed E-state index contributed by atoms with van der Waals surface area (Å²) in [5.74, 6) is -0.249. The Hall–Kier alpha value is -0.450. The van der Waals surface area contributed by atoms with Crippen molar-refractivity contribution in [2.75, 3.05) is 0 Å². The summed E-state index contributed by atoms with van der Waals surface area (Å²) in [6.45, 7) is 4.46. The van der Waals surface area contributed by atoms with Crippen LogP contribution in [-0.2, 0) is 6.54 Å². The standard InChI is InChI=1S/C12H17BrFNO/c1-8(5-9(2)16)15-7-10-3-4-12(14)11(13)6-10/h3-4,6,8-9,15-16H,5,7H2,1-2H3. The van der Waals surface area contributed by atoms with Gasteiger partial charge in [0.05, 0.1) is 10.6 Å². The predicted molar refractivity (Wildman–Crippen MR) is 66.7 cm³/mol. The summed E-state index contributed by atoms with van der Waals surface area (Å²) in [6, 6.07) is 5.20. The van der Waals surface area contributed by atoms with Crippen LogP contribution in [0.1, 0.15) is 25.8 Å². The second-order valence-corrected chi connectivity index (χ2v) is 4.97. The number of aliphatic hydroxyl groups is 1. The van der Waals surface area contributed by atoms with E-state index in [0.717, 1.165) is 5.56 Å². The van der Waals surface area contributed by atoms with Crippen molar-refractivity contribution in [1.82, 2.24) is 5.32 Å². The molecule has 0 radical (unpaired) electrons. The van der Waals surface area contributed by atoms with E-state index in [2.05, 4.69) is 21.2 Å². The van der Waals surface area contributed by atoms with Crippen molar-refractivity contribution in [2.45, 2.75) is 39.0 Å². The molecule has 0 aliphatic heterocycles. The van der Waals surface area contributed by atoms with Crippen molar-refractivity contribution in [3.63, 3.8) is 0 Å². The minimum atomic E-state index is -0.303. The summed E-state index contributed by atoms with van der Waals surface area (Å²) in [5.41, 5.74) is 1.02. The van der Waals surface area contributed by atoms with Gasteiger partial charge >= 0.3 is 0 Å². The van der Waals surface area contributed by atoms with Gasteiger partial charge in [0.25, 0.3) is 0 Å². The number of halogens is 2. The highest BCUT2D eigenvalue weighted by molar-refractivity contribution is 9.10. The second-order valence-electron chi connectivity index (χ2n) is 4.12. The van der Waals surface area contributed by atoms with E-state index in [9.17, 15) is 9.50 Å². The molecule has 0 aliphatic rings. The van der Waals surface area contributed by atoms with E-state index < -0.39 is 0 Å². The lowest BCUT2D eigenvalue weighted by Crippen LogP contribution is -2.28. The van der Waals surface area contributed by atoms with Crippen LogP contribution >= 0.6 is 15.9 Å². The molecule has 2 nitrogen and oxygen atoms in total. The van der Waals surface area contributed by atoms with Crippen molar-refractivity contribution in [3.05, 3.63) is 34.1 Å². The van der Waals surface area contributed by atoms with Crippen LogP contribution in [-0.4, -0.2) is 17.3 Å². The molecular formula is C12H17BrFNO. The second kappa shape index (κ2) is 6.33. The van der Waals surface area contributed by atoms with E-state index >= 15 is 0 Å². The van der Waals surface area contributed by atoms with E-state index in [1.807, 2.05) is 6.92 Å². The molecule has 0 aromatic heterocycles. The molecule has 0 saturated carbocycles. The molecule has 2 N–H and O–H groups in total. The minimum absolute atomic E-state index is 0.240. The minimum Gasteiger partial charge on any atom is -0.393 e. The van der Waals surface area contributed by atoms with Gasteiger partial charge in [-0.25, -0.2) is 4.39 Å². The van der Waals surface area contributed by atoms with E-state index in [4.69, 9.17) is 0 Å². The number of rotatable bonds is 5. The molecule has 4 heteroatoms.